The van der Waals surface area contributed by atoms with E-state index in [1.54, 1.807) is 6.92 Å². The average Bonchev–Trinajstić information content (AvgIpc) is 3.14. The van der Waals surface area contributed by atoms with Crippen molar-refractivity contribution < 1.29 is 41.0 Å². The van der Waals surface area contributed by atoms with Gasteiger partial charge in [0.1, 0.15) is 6.10 Å². The molecule has 0 spiro atoms. The SMILES string of the molecule is C=CC(=O)OC1CC2CC1C(CC(CC)C(=O)OCC(F)(F)C(F)(F)F)C2C. The molecule has 0 N–H and O–H groups in total. The highest BCUT2D eigenvalue weighted by Gasteiger charge is 2.58. The van der Waals surface area contributed by atoms with E-state index in [0.717, 1.165) is 18.9 Å². The molecule has 0 aliphatic heterocycles. The van der Waals surface area contributed by atoms with Crippen LogP contribution in [0.2, 0.25) is 0 Å². The topological polar surface area (TPSA) is 52.6 Å². The Morgan fingerprint density at radius 3 is 2.36 bits per heavy atom. The molecule has 6 atom stereocenters. The summed E-state index contributed by atoms with van der Waals surface area (Å²) in [6.07, 6.45) is -2.86. The van der Waals surface area contributed by atoms with Crippen molar-refractivity contribution in [3.05, 3.63) is 12.7 Å². The molecule has 0 saturated heterocycles. The van der Waals surface area contributed by atoms with Crippen molar-refractivity contribution in [3.63, 3.8) is 0 Å². The molecule has 9 heteroatoms. The number of esters is 2. The van der Waals surface area contributed by atoms with Crippen LogP contribution in [-0.2, 0) is 19.1 Å². The number of carbonyl (C=O) groups is 2. The molecule has 0 heterocycles. The summed E-state index contributed by atoms with van der Waals surface area (Å²) >= 11 is 0. The van der Waals surface area contributed by atoms with Crippen LogP contribution in [0, 0.1) is 29.6 Å². The van der Waals surface area contributed by atoms with Crippen LogP contribution >= 0.6 is 0 Å². The standard InChI is InChI=1S/C19H25F5O4/c1-4-11(17(26)27-9-18(20,21)19(22,23)24)6-13-10(3)12-7-14(13)15(8-12)28-16(25)5-2/h5,10-15H,2,4,6-9H2,1,3H3. The van der Waals surface area contributed by atoms with Crippen LogP contribution in [0.25, 0.3) is 0 Å². The van der Waals surface area contributed by atoms with E-state index in [2.05, 4.69) is 11.3 Å². The molecule has 0 radical (unpaired) electrons. The second-order valence-electron chi connectivity index (χ2n) is 7.75. The molecule has 0 aromatic rings. The molecule has 160 valence electrons. The Morgan fingerprint density at radius 2 is 1.86 bits per heavy atom. The lowest BCUT2D eigenvalue weighted by Crippen LogP contribution is -2.42. The molecule has 6 unspecified atom stereocenters. The van der Waals surface area contributed by atoms with Crippen molar-refractivity contribution in [2.45, 2.75) is 57.7 Å². The van der Waals surface area contributed by atoms with Gasteiger partial charge in [0.15, 0.2) is 6.61 Å². The van der Waals surface area contributed by atoms with E-state index in [0.29, 0.717) is 12.3 Å². The second kappa shape index (κ2) is 8.37. The Balaban J connectivity index is 1.98. The van der Waals surface area contributed by atoms with Gasteiger partial charge in [-0.15, -0.1) is 0 Å². The van der Waals surface area contributed by atoms with Crippen LogP contribution in [0.4, 0.5) is 22.0 Å². The molecular formula is C19H25F5O4. The quantitative estimate of drug-likeness (QED) is 0.334. The summed E-state index contributed by atoms with van der Waals surface area (Å²) in [4.78, 5) is 23.6. The Hall–Kier alpha value is -1.67. The molecule has 0 amide bonds. The van der Waals surface area contributed by atoms with Gasteiger partial charge in [0.2, 0.25) is 0 Å². The van der Waals surface area contributed by atoms with Crippen LogP contribution in [-0.4, -0.2) is 36.7 Å². The predicted molar refractivity (Wildman–Crippen MR) is 89.3 cm³/mol. The van der Waals surface area contributed by atoms with Crippen molar-refractivity contribution in [1.82, 2.24) is 0 Å². The first-order chi connectivity index (χ1) is 12.9. The second-order valence-corrected chi connectivity index (χ2v) is 7.75. The number of fused-ring (bicyclic) bond motifs is 2. The molecule has 2 aliphatic carbocycles. The normalized spacial score (nSPS) is 30.8. The lowest BCUT2D eigenvalue weighted by molar-refractivity contribution is -0.294. The number of rotatable bonds is 8. The summed E-state index contributed by atoms with van der Waals surface area (Å²) in [5.41, 5.74) is 0. The van der Waals surface area contributed by atoms with Gasteiger partial charge in [-0.1, -0.05) is 20.4 Å². The van der Waals surface area contributed by atoms with E-state index in [9.17, 15) is 31.5 Å². The molecule has 0 aromatic carbocycles. The van der Waals surface area contributed by atoms with Gasteiger partial charge in [0.25, 0.3) is 0 Å². The van der Waals surface area contributed by atoms with Crippen LogP contribution in [0.3, 0.4) is 0 Å². The predicted octanol–water partition coefficient (Wildman–Crippen LogP) is 4.53. The molecule has 2 fully saturated rings. The maximum Gasteiger partial charge on any atom is 0.456 e. The number of ether oxygens (including phenoxy) is 2. The van der Waals surface area contributed by atoms with Crippen molar-refractivity contribution in [2.75, 3.05) is 6.61 Å². The number of halogens is 5. The van der Waals surface area contributed by atoms with Gasteiger partial charge in [-0.05, 0) is 49.4 Å². The number of hydrogen-bond donors (Lipinski definition) is 0. The van der Waals surface area contributed by atoms with Crippen LogP contribution in [0.15, 0.2) is 12.7 Å². The number of carbonyl (C=O) groups excluding carboxylic acids is 2. The van der Waals surface area contributed by atoms with Gasteiger partial charge < -0.3 is 9.47 Å². The fourth-order valence-electron chi connectivity index (χ4n) is 4.53. The van der Waals surface area contributed by atoms with Gasteiger partial charge in [0.05, 0.1) is 5.92 Å². The van der Waals surface area contributed by atoms with Gasteiger partial charge in [-0.3, -0.25) is 4.79 Å². The third-order valence-electron chi connectivity index (χ3n) is 6.18. The molecule has 2 bridgehead atoms. The molecule has 2 saturated carbocycles. The fraction of sp³-hybridized carbons (Fsp3) is 0.789. The molecule has 4 nitrogen and oxygen atoms in total. The van der Waals surface area contributed by atoms with E-state index < -0.39 is 36.6 Å². The van der Waals surface area contributed by atoms with Gasteiger partial charge in [0, 0.05) is 6.08 Å². The largest absolute Gasteiger partial charge is 0.459 e. The third kappa shape index (κ3) is 4.66. The first-order valence-corrected chi connectivity index (χ1v) is 9.35. The monoisotopic (exact) mass is 412 g/mol. The zero-order valence-electron chi connectivity index (χ0n) is 15.8. The molecule has 28 heavy (non-hydrogen) atoms. The summed E-state index contributed by atoms with van der Waals surface area (Å²) in [5, 5.41) is 0. The van der Waals surface area contributed by atoms with Crippen molar-refractivity contribution in [1.29, 1.82) is 0 Å². The number of alkyl halides is 5. The molecular weight excluding hydrogens is 387 g/mol. The Labute approximate surface area is 160 Å². The van der Waals surface area contributed by atoms with Crippen LogP contribution < -0.4 is 0 Å². The van der Waals surface area contributed by atoms with E-state index in [1.165, 1.54) is 0 Å². The Morgan fingerprint density at radius 1 is 1.21 bits per heavy atom. The average molecular weight is 412 g/mol. The van der Waals surface area contributed by atoms with Gasteiger partial charge >= 0.3 is 24.0 Å². The third-order valence-corrected chi connectivity index (χ3v) is 6.18. The first-order valence-electron chi connectivity index (χ1n) is 9.35. The van der Waals surface area contributed by atoms with Crippen LogP contribution in [0.1, 0.15) is 39.5 Å². The van der Waals surface area contributed by atoms with E-state index >= 15 is 0 Å². The zero-order valence-corrected chi connectivity index (χ0v) is 15.8. The Kier molecular flexibility index (Phi) is 6.76. The highest BCUT2D eigenvalue weighted by Crippen LogP contribution is 2.55. The summed E-state index contributed by atoms with van der Waals surface area (Å²) in [5.74, 6) is -6.85. The maximum atomic E-state index is 13.0. The van der Waals surface area contributed by atoms with Crippen LogP contribution in [0.5, 0.6) is 0 Å². The molecule has 2 aliphatic rings. The minimum atomic E-state index is -5.77. The first kappa shape index (κ1) is 22.6. The summed E-state index contributed by atoms with van der Waals surface area (Å²) in [6.45, 7) is 5.03. The van der Waals surface area contributed by atoms with E-state index in [4.69, 9.17) is 4.74 Å². The summed E-state index contributed by atoms with van der Waals surface area (Å²) < 4.78 is 72.4. The minimum Gasteiger partial charge on any atom is -0.459 e. The van der Waals surface area contributed by atoms with Crippen molar-refractivity contribution in [2.24, 2.45) is 29.6 Å². The maximum absolute atomic E-state index is 13.0. The highest BCUT2D eigenvalue weighted by molar-refractivity contribution is 5.81. The van der Waals surface area contributed by atoms with E-state index in [-0.39, 0.29) is 30.3 Å². The summed E-state index contributed by atoms with van der Waals surface area (Å²) in [7, 11) is 0. The lowest BCUT2D eigenvalue weighted by Gasteiger charge is -2.35. The van der Waals surface area contributed by atoms with E-state index in [1.807, 2.05) is 6.92 Å². The van der Waals surface area contributed by atoms with Crippen molar-refractivity contribution >= 4 is 11.9 Å². The number of hydrogen-bond acceptors (Lipinski definition) is 4. The highest BCUT2D eigenvalue weighted by atomic mass is 19.4. The zero-order chi connectivity index (χ0) is 21.3. The smallest absolute Gasteiger partial charge is 0.456 e. The minimum absolute atomic E-state index is 0.00184. The molecule has 0 aromatic heterocycles. The Bertz CT molecular complexity index is 604. The van der Waals surface area contributed by atoms with Gasteiger partial charge in [-0.25, -0.2) is 4.79 Å². The summed E-state index contributed by atoms with van der Waals surface area (Å²) in [6, 6.07) is 0. The molecule has 2 rings (SSSR count). The van der Waals surface area contributed by atoms with Crippen molar-refractivity contribution in [3.8, 4) is 0 Å². The fourth-order valence-corrected chi connectivity index (χ4v) is 4.53. The van der Waals surface area contributed by atoms with Gasteiger partial charge in [-0.2, -0.15) is 22.0 Å². The lowest BCUT2D eigenvalue weighted by atomic mass is 9.74.